The standard InChI is InChI=1S/C18H25N9O/c1-3-27-13(9-12(2)24-27)21-14(28)10-26-11-20-15-16(22-18(19)23-17(15)26)25-7-5-4-6-8-25/h9,11H,3-8,10H2,1-2H3,(H,21,28)(H2,19,22,23). The topological polar surface area (TPSA) is 120 Å². The Morgan fingerprint density at radius 1 is 1.25 bits per heavy atom. The van der Waals surface area contributed by atoms with E-state index in [0.717, 1.165) is 37.4 Å². The second-order valence-corrected chi connectivity index (χ2v) is 7.03. The van der Waals surface area contributed by atoms with Crippen molar-refractivity contribution in [3.05, 3.63) is 18.1 Å². The Balaban J connectivity index is 1.59. The van der Waals surface area contributed by atoms with Crippen LogP contribution in [0.2, 0.25) is 0 Å². The summed E-state index contributed by atoms with van der Waals surface area (Å²) in [7, 11) is 0. The molecule has 3 aromatic heterocycles. The van der Waals surface area contributed by atoms with E-state index in [1.807, 2.05) is 19.9 Å². The number of aromatic nitrogens is 6. The second kappa shape index (κ2) is 7.45. The Morgan fingerprint density at radius 2 is 2.04 bits per heavy atom. The fourth-order valence-electron chi connectivity index (χ4n) is 3.61. The number of nitrogens with one attached hydrogen (secondary N) is 1. The molecule has 0 radical (unpaired) electrons. The largest absolute Gasteiger partial charge is 0.368 e. The zero-order chi connectivity index (χ0) is 19.7. The Kier molecular flexibility index (Phi) is 4.84. The maximum Gasteiger partial charge on any atom is 0.245 e. The number of hydrogen-bond acceptors (Lipinski definition) is 7. The molecule has 148 valence electrons. The molecule has 10 nitrogen and oxygen atoms in total. The quantitative estimate of drug-likeness (QED) is 0.686. The van der Waals surface area contributed by atoms with Gasteiger partial charge in [-0.15, -0.1) is 0 Å². The summed E-state index contributed by atoms with van der Waals surface area (Å²) < 4.78 is 3.46. The first kappa shape index (κ1) is 18.2. The van der Waals surface area contributed by atoms with E-state index in [4.69, 9.17) is 5.73 Å². The molecule has 4 rings (SSSR count). The van der Waals surface area contributed by atoms with Gasteiger partial charge in [-0.05, 0) is 33.1 Å². The first-order valence-electron chi connectivity index (χ1n) is 9.62. The van der Waals surface area contributed by atoms with Crippen LogP contribution in [-0.2, 0) is 17.9 Å². The third-order valence-corrected chi connectivity index (χ3v) is 4.90. The highest BCUT2D eigenvalue weighted by atomic mass is 16.2. The van der Waals surface area contributed by atoms with Crippen LogP contribution >= 0.6 is 0 Å². The van der Waals surface area contributed by atoms with Crippen LogP contribution in [0, 0.1) is 6.92 Å². The molecular weight excluding hydrogens is 358 g/mol. The number of aryl methyl sites for hydroxylation is 2. The first-order chi connectivity index (χ1) is 13.5. The molecule has 0 unspecified atom stereocenters. The van der Waals surface area contributed by atoms with Gasteiger partial charge in [0.2, 0.25) is 11.9 Å². The van der Waals surface area contributed by atoms with Gasteiger partial charge in [0.1, 0.15) is 12.4 Å². The molecule has 3 N–H and O–H groups in total. The molecule has 1 aliphatic heterocycles. The number of piperidine rings is 1. The van der Waals surface area contributed by atoms with Gasteiger partial charge in [-0.1, -0.05) is 0 Å². The summed E-state index contributed by atoms with van der Waals surface area (Å²) in [5.74, 6) is 1.44. The van der Waals surface area contributed by atoms with Gasteiger partial charge in [0, 0.05) is 25.7 Å². The van der Waals surface area contributed by atoms with Gasteiger partial charge >= 0.3 is 0 Å². The lowest BCUT2D eigenvalue weighted by Crippen LogP contribution is -2.30. The van der Waals surface area contributed by atoms with Crippen molar-refractivity contribution in [2.24, 2.45) is 0 Å². The molecule has 0 aromatic carbocycles. The maximum absolute atomic E-state index is 12.6. The van der Waals surface area contributed by atoms with E-state index in [2.05, 4.69) is 30.3 Å². The van der Waals surface area contributed by atoms with Crippen LogP contribution in [0.25, 0.3) is 11.2 Å². The van der Waals surface area contributed by atoms with Crippen molar-refractivity contribution < 1.29 is 4.79 Å². The van der Waals surface area contributed by atoms with Crippen LogP contribution in [0.1, 0.15) is 31.9 Å². The minimum Gasteiger partial charge on any atom is -0.368 e. The van der Waals surface area contributed by atoms with E-state index in [1.54, 1.807) is 15.6 Å². The predicted octanol–water partition coefficient (Wildman–Crippen LogP) is 1.56. The number of anilines is 3. The molecule has 3 aromatic rings. The van der Waals surface area contributed by atoms with E-state index in [1.165, 1.54) is 6.42 Å². The van der Waals surface area contributed by atoms with Crippen molar-refractivity contribution in [2.45, 2.75) is 46.2 Å². The van der Waals surface area contributed by atoms with Crippen molar-refractivity contribution in [1.29, 1.82) is 0 Å². The fraction of sp³-hybridized carbons (Fsp3) is 0.500. The normalized spacial score (nSPS) is 14.6. The average molecular weight is 383 g/mol. The molecule has 1 aliphatic rings. The Hall–Kier alpha value is -3.17. The lowest BCUT2D eigenvalue weighted by atomic mass is 10.1. The number of fused-ring (bicyclic) bond motifs is 1. The fourth-order valence-corrected chi connectivity index (χ4v) is 3.61. The van der Waals surface area contributed by atoms with Gasteiger partial charge in [0.25, 0.3) is 0 Å². The van der Waals surface area contributed by atoms with Gasteiger partial charge in [-0.3, -0.25) is 4.79 Å². The van der Waals surface area contributed by atoms with Gasteiger partial charge in [-0.2, -0.15) is 15.1 Å². The summed E-state index contributed by atoms with van der Waals surface area (Å²) in [4.78, 5) is 28.0. The van der Waals surface area contributed by atoms with Gasteiger partial charge < -0.3 is 20.5 Å². The number of carbonyl (C=O) groups excluding carboxylic acids is 1. The Labute approximate surface area is 162 Å². The van der Waals surface area contributed by atoms with E-state index in [9.17, 15) is 4.79 Å². The van der Waals surface area contributed by atoms with Crippen LogP contribution in [0.5, 0.6) is 0 Å². The molecule has 1 saturated heterocycles. The average Bonchev–Trinajstić information content (AvgIpc) is 3.24. The summed E-state index contributed by atoms with van der Waals surface area (Å²) in [5.41, 5.74) is 8.06. The van der Waals surface area contributed by atoms with Crippen molar-refractivity contribution >= 4 is 34.7 Å². The lowest BCUT2D eigenvalue weighted by molar-refractivity contribution is -0.116. The van der Waals surface area contributed by atoms with Crippen molar-refractivity contribution in [1.82, 2.24) is 29.3 Å². The highest BCUT2D eigenvalue weighted by Crippen LogP contribution is 2.26. The Bertz CT molecular complexity index is 1000. The molecule has 4 heterocycles. The highest BCUT2D eigenvalue weighted by molar-refractivity contribution is 5.91. The zero-order valence-electron chi connectivity index (χ0n) is 16.2. The smallest absolute Gasteiger partial charge is 0.245 e. The third-order valence-electron chi connectivity index (χ3n) is 4.90. The molecule has 1 fully saturated rings. The van der Waals surface area contributed by atoms with E-state index >= 15 is 0 Å². The number of amides is 1. The van der Waals surface area contributed by atoms with Crippen molar-refractivity contribution in [3.8, 4) is 0 Å². The molecule has 1 amide bonds. The van der Waals surface area contributed by atoms with Gasteiger partial charge in [0.15, 0.2) is 17.0 Å². The van der Waals surface area contributed by atoms with Crippen LogP contribution in [0.4, 0.5) is 17.6 Å². The number of hydrogen-bond donors (Lipinski definition) is 2. The van der Waals surface area contributed by atoms with E-state index in [-0.39, 0.29) is 18.4 Å². The van der Waals surface area contributed by atoms with Gasteiger partial charge in [0.05, 0.1) is 12.0 Å². The number of nitrogens with two attached hydrogens (primary N) is 1. The van der Waals surface area contributed by atoms with Crippen LogP contribution in [0.3, 0.4) is 0 Å². The van der Waals surface area contributed by atoms with Gasteiger partial charge in [-0.25, -0.2) is 9.67 Å². The summed E-state index contributed by atoms with van der Waals surface area (Å²) in [6.07, 6.45) is 5.09. The van der Waals surface area contributed by atoms with E-state index in [0.29, 0.717) is 23.5 Å². The number of rotatable bonds is 5. The number of imidazole rings is 1. The molecule has 28 heavy (non-hydrogen) atoms. The summed E-state index contributed by atoms with van der Waals surface area (Å²) in [6.45, 7) is 6.50. The molecule has 0 aliphatic carbocycles. The summed E-state index contributed by atoms with van der Waals surface area (Å²) in [5, 5.41) is 7.25. The molecule has 0 atom stereocenters. The van der Waals surface area contributed by atoms with E-state index < -0.39 is 0 Å². The number of nitrogen functional groups attached to an aromatic ring is 1. The van der Waals surface area contributed by atoms with Crippen LogP contribution in [0.15, 0.2) is 12.4 Å². The SMILES string of the molecule is CCn1nc(C)cc1NC(=O)Cn1cnc2c(N3CCCCC3)nc(N)nc21. The molecule has 0 saturated carbocycles. The maximum atomic E-state index is 12.6. The zero-order valence-corrected chi connectivity index (χ0v) is 16.2. The highest BCUT2D eigenvalue weighted by Gasteiger charge is 2.20. The molecule has 0 spiro atoms. The first-order valence-corrected chi connectivity index (χ1v) is 9.62. The molecular formula is C18H25N9O. The monoisotopic (exact) mass is 383 g/mol. The van der Waals surface area contributed by atoms with Crippen molar-refractivity contribution in [2.75, 3.05) is 29.0 Å². The van der Waals surface area contributed by atoms with Crippen LogP contribution < -0.4 is 16.0 Å². The predicted molar refractivity (Wildman–Crippen MR) is 107 cm³/mol. The molecule has 10 heteroatoms. The lowest BCUT2D eigenvalue weighted by Gasteiger charge is -2.27. The summed E-state index contributed by atoms with van der Waals surface area (Å²) in [6, 6.07) is 1.85. The second-order valence-electron chi connectivity index (χ2n) is 7.03. The number of carbonyl (C=O) groups is 1. The Morgan fingerprint density at radius 3 is 2.79 bits per heavy atom. The summed E-state index contributed by atoms with van der Waals surface area (Å²) >= 11 is 0. The molecule has 0 bridgehead atoms. The third kappa shape index (κ3) is 3.49. The minimum atomic E-state index is -0.175. The number of nitrogens with zero attached hydrogens (tertiary/aromatic N) is 7. The van der Waals surface area contributed by atoms with Crippen molar-refractivity contribution in [3.63, 3.8) is 0 Å². The van der Waals surface area contributed by atoms with Crippen LogP contribution in [-0.4, -0.2) is 48.3 Å². The minimum absolute atomic E-state index is 0.0837.